The summed E-state index contributed by atoms with van der Waals surface area (Å²) in [6, 6.07) is 5.23. The molecule has 1 heterocycles. The predicted molar refractivity (Wildman–Crippen MR) is 69.0 cm³/mol. The van der Waals surface area contributed by atoms with Crippen molar-refractivity contribution in [3.63, 3.8) is 0 Å². The number of ether oxygens (including phenoxy) is 1. The van der Waals surface area contributed by atoms with Gasteiger partial charge in [0, 0.05) is 6.54 Å². The topological polar surface area (TPSA) is 92.9 Å². The summed E-state index contributed by atoms with van der Waals surface area (Å²) in [5.41, 5.74) is 6.85. The van der Waals surface area contributed by atoms with Crippen LogP contribution in [0.2, 0.25) is 0 Å². The monoisotopic (exact) mass is 264 g/mol. The molecular weight excluding hydrogens is 248 g/mol. The van der Waals surface area contributed by atoms with E-state index in [1.807, 2.05) is 6.92 Å². The van der Waals surface area contributed by atoms with Crippen molar-refractivity contribution in [2.24, 2.45) is 5.73 Å². The summed E-state index contributed by atoms with van der Waals surface area (Å²) >= 11 is 0. The van der Waals surface area contributed by atoms with Crippen molar-refractivity contribution in [3.05, 3.63) is 23.8 Å². The van der Waals surface area contributed by atoms with E-state index in [1.54, 1.807) is 18.2 Å². The summed E-state index contributed by atoms with van der Waals surface area (Å²) in [4.78, 5) is 24.3. The van der Waals surface area contributed by atoms with Crippen LogP contribution in [0, 0.1) is 0 Å². The molecule has 1 atom stereocenters. The third-order valence-electron chi connectivity index (χ3n) is 3.02. The highest BCUT2D eigenvalue weighted by Gasteiger charge is 2.34. The second-order valence-corrected chi connectivity index (χ2v) is 4.34. The van der Waals surface area contributed by atoms with Crippen molar-refractivity contribution in [1.82, 2.24) is 0 Å². The Kier molecular flexibility index (Phi) is 3.71. The lowest BCUT2D eigenvalue weighted by molar-refractivity contribution is -0.137. The zero-order chi connectivity index (χ0) is 14.0. The molecule has 1 aromatic rings. The number of aliphatic carboxylic acids is 1. The minimum Gasteiger partial charge on any atom is -0.480 e. The van der Waals surface area contributed by atoms with Gasteiger partial charge in [-0.05, 0) is 24.1 Å². The van der Waals surface area contributed by atoms with E-state index in [9.17, 15) is 9.59 Å². The van der Waals surface area contributed by atoms with Gasteiger partial charge in [0.05, 0.1) is 5.69 Å². The number of amides is 1. The van der Waals surface area contributed by atoms with Gasteiger partial charge in [-0.25, -0.2) is 0 Å². The Bertz CT molecular complexity index is 515. The summed E-state index contributed by atoms with van der Waals surface area (Å²) in [5.74, 6) is -0.870. The van der Waals surface area contributed by atoms with E-state index in [1.165, 1.54) is 4.90 Å². The SMILES string of the molecule is CCC1Oc2ccc(CN)cc2N(CC(=O)O)C1=O. The molecule has 19 heavy (non-hydrogen) atoms. The third-order valence-corrected chi connectivity index (χ3v) is 3.02. The number of hydrogen-bond acceptors (Lipinski definition) is 4. The Morgan fingerprint density at radius 2 is 2.26 bits per heavy atom. The van der Waals surface area contributed by atoms with Crippen molar-refractivity contribution in [3.8, 4) is 5.75 Å². The van der Waals surface area contributed by atoms with Crippen LogP contribution in [0.15, 0.2) is 18.2 Å². The highest BCUT2D eigenvalue weighted by Crippen LogP contribution is 2.35. The number of hydrogen-bond donors (Lipinski definition) is 2. The number of carboxylic acids is 1. The average Bonchev–Trinajstić information content (AvgIpc) is 2.40. The van der Waals surface area contributed by atoms with E-state index >= 15 is 0 Å². The normalized spacial score (nSPS) is 17.9. The molecule has 102 valence electrons. The molecule has 0 aliphatic carbocycles. The van der Waals surface area contributed by atoms with Crippen LogP contribution >= 0.6 is 0 Å². The van der Waals surface area contributed by atoms with E-state index in [2.05, 4.69) is 0 Å². The first-order chi connectivity index (χ1) is 9.06. The fourth-order valence-electron chi connectivity index (χ4n) is 2.05. The predicted octanol–water partition coefficient (Wildman–Crippen LogP) is 0.734. The molecule has 6 nitrogen and oxygen atoms in total. The molecule has 1 aliphatic rings. The Balaban J connectivity index is 2.45. The first-order valence-corrected chi connectivity index (χ1v) is 6.09. The van der Waals surface area contributed by atoms with Gasteiger partial charge in [0.15, 0.2) is 6.10 Å². The van der Waals surface area contributed by atoms with Crippen LogP contribution in [-0.4, -0.2) is 29.6 Å². The number of nitrogens with zero attached hydrogens (tertiary/aromatic N) is 1. The molecule has 1 unspecified atom stereocenters. The number of carbonyl (C=O) groups is 2. The van der Waals surface area contributed by atoms with Gasteiger partial charge in [-0.1, -0.05) is 13.0 Å². The lowest BCUT2D eigenvalue weighted by Crippen LogP contribution is -2.47. The Labute approximate surface area is 110 Å². The lowest BCUT2D eigenvalue weighted by atomic mass is 10.1. The van der Waals surface area contributed by atoms with Crippen LogP contribution in [0.4, 0.5) is 5.69 Å². The standard InChI is InChI=1S/C13H16N2O4/c1-2-10-13(18)15(7-12(16)17)9-5-8(6-14)3-4-11(9)19-10/h3-5,10H,2,6-7,14H2,1H3,(H,16,17). The number of carbonyl (C=O) groups excluding carboxylic acids is 1. The molecule has 0 bridgehead atoms. The molecule has 0 fully saturated rings. The Hall–Kier alpha value is -2.08. The quantitative estimate of drug-likeness (QED) is 0.836. The smallest absolute Gasteiger partial charge is 0.323 e. The van der Waals surface area contributed by atoms with Crippen LogP contribution in [0.3, 0.4) is 0 Å². The van der Waals surface area contributed by atoms with E-state index in [-0.39, 0.29) is 12.5 Å². The molecule has 1 aliphatic heterocycles. The largest absolute Gasteiger partial charge is 0.480 e. The number of nitrogens with two attached hydrogens (primary N) is 1. The van der Waals surface area contributed by atoms with E-state index in [0.717, 1.165) is 5.56 Å². The van der Waals surface area contributed by atoms with Gasteiger partial charge in [0.1, 0.15) is 12.3 Å². The second-order valence-electron chi connectivity index (χ2n) is 4.34. The highest BCUT2D eigenvalue weighted by molar-refractivity contribution is 6.03. The molecule has 3 N–H and O–H groups in total. The molecule has 0 aromatic heterocycles. The van der Waals surface area contributed by atoms with Crippen molar-refractivity contribution < 1.29 is 19.4 Å². The number of benzene rings is 1. The zero-order valence-corrected chi connectivity index (χ0v) is 10.6. The summed E-state index contributed by atoms with van der Waals surface area (Å²) in [7, 11) is 0. The number of fused-ring (bicyclic) bond motifs is 1. The average molecular weight is 264 g/mol. The highest BCUT2D eigenvalue weighted by atomic mass is 16.5. The Morgan fingerprint density at radius 1 is 1.53 bits per heavy atom. The third kappa shape index (κ3) is 2.53. The van der Waals surface area contributed by atoms with Gasteiger partial charge in [-0.2, -0.15) is 0 Å². The summed E-state index contributed by atoms with van der Waals surface area (Å²) < 4.78 is 5.58. The molecule has 0 saturated carbocycles. The van der Waals surface area contributed by atoms with Gasteiger partial charge >= 0.3 is 5.97 Å². The number of anilines is 1. The minimum absolute atomic E-state index is 0.319. The molecule has 0 radical (unpaired) electrons. The molecule has 6 heteroatoms. The second kappa shape index (κ2) is 5.27. The maximum absolute atomic E-state index is 12.2. The Morgan fingerprint density at radius 3 is 2.84 bits per heavy atom. The maximum Gasteiger partial charge on any atom is 0.323 e. The van der Waals surface area contributed by atoms with Crippen molar-refractivity contribution >= 4 is 17.6 Å². The number of carboxylic acid groups (broad SMARTS) is 1. The van der Waals surface area contributed by atoms with Crippen LogP contribution in [0.1, 0.15) is 18.9 Å². The van der Waals surface area contributed by atoms with E-state index in [4.69, 9.17) is 15.6 Å². The molecule has 2 rings (SSSR count). The first kappa shape index (κ1) is 13.4. The van der Waals surface area contributed by atoms with Gasteiger partial charge in [0.25, 0.3) is 5.91 Å². The van der Waals surface area contributed by atoms with Crippen molar-refractivity contribution in [2.45, 2.75) is 26.0 Å². The minimum atomic E-state index is -1.06. The molecule has 1 amide bonds. The fourth-order valence-corrected chi connectivity index (χ4v) is 2.05. The van der Waals surface area contributed by atoms with Gasteiger partial charge < -0.3 is 15.6 Å². The lowest BCUT2D eigenvalue weighted by Gasteiger charge is -2.33. The molecule has 0 spiro atoms. The van der Waals surface area contributed by atoms with Crippen molar-refractivity contribution in [2.75, 3.05) is 11.4 Å². The summed E-state index contributed by atoms with van der Waals surface area (Å²) in [6.07, 6.45) is -0.136. The summed E-state index contributed by atoms with van der Waals surface area (Å²) in [6.45, 7) is 1.76. The molecule has 0 saturated heterocycles. The molecule has 1 aromatic carbocycles. The first-order valence-electron chi connectivity index (χ1n) is 6.09. The van der Waals surface area contributed by atoms with E-state index in [0.29, 0.717) is 24.4 Å². The van der Waals surface area contributed by atoms with Crippen LogP contribution in [0.25, 0.3) is 0 Å². The zero-order valence-electron chi connectivity index (χ0n) is 10.6. The van der Waals surface area contributed by atoms with Crippen LogP contribution < -0.4 is 15.4 Å². The van der Waals surface area contributed by atoms with Crippen molar-refractivity contribution in [1.29, 1.82) is 0 Å². The summed E-state index contributed by atoms with van der Waals surface area (Å²) in [5, 5.41) is 8.94. The number of rotatable bonds is 4. The molecular formula is C13H16N2O4. The van der Waals surface area contributed by atoms with Crippen LogP contribution in [-0.2, 0) is 16.1 Å². The van der Waals surface area contributed by atoms with Crippen LogP contribution in [0.5, 0.6) is 5.75 Å². The van der Waals surface area contributed by atoms with Gasteiger partial charge in [-0.15, -0.1) is 0 Å². The van der Waals surface area contributed by atoms with Gasteiger partial charge in [-0.3, -0.25) is 14.5 Å². The fraction of sp³-hybridized carbons (Fsp3) is 0.385. The maximum atomic E-state index is 12.2. The van der Waals surface area contributed by atoms with E-state index < -0.39 is 12.1 Å². The van der Waals surface area contributed by atoms with Gasteiger partial charge in [0.2, 0.25) is 0 Å².